The largest absolute Gasteiger partial charge is 0.573 e. The fraction of sp³-hybridized carbons (Fsp3) is 0.250. The predicted octanol–water partition coefficient (Wildman–Crippen LogP) is 5.18. The zero-order chi connectivity index (χ0) is 14.9. The molecule has 0 N–H and O–H groups in total. The molecule has 0 atom stereocenters. The van der Waals surface area contributed by atoms with Gasteiger partial charge in [-0.3, -0.25) is 0 Å². The molecule has 2 aromatic rings. The molecule has 0 aliphatic carbocycles. The number of aryl methyl sites for hydroxylation is 3. The van der Waals surface area contributed by atoms with Crippen LogP contribution >= 0.6 is 0 Å². The summed E-state index contributed by atoms with van der Waals surface area (Å²) >= 11 is 0. The second kappa shape index (κ2) is 5.19. The van der Waals surface area contributed by atoms with E-state index in [9.17, 15) is 13.2 Å². The molecule has 2 aromatic carbocycles. The summed E-state index contributed by atoms with van der Waals surface area (Å²) in [6.45, 7) is 6.04. The minimum Gasteiger partial charge on any atom is -0.406 e. The molecule has 20 heavy (non-hydrogen) atoms. The molecular weight excluding hydrogens is 265 g/mol. The number of benzene rings is 2. The van der Waals surface area contributed by atoms with Crippen LogP contribution in [-0.2, 0) is 0 Å². The van der Waals surface area contributed by atoms with E-state index in [4.69, 9.17) is 0 Å². The molecule has 0 saturated carbocycles. The van der Waals surface area contributed by atoms with Crippen LogP contribution in [-0.4, -0.2) is 6.36 Å². The molecule has 0 spiro atoms. The summed E-state index contributed by atoms with van der Waals surface area (Å²) in [7, 11) is 0. The van der Waals surface area contributed by atoms with Crippen LogP contribution in [0.1, 0.15) is 16.7 Å². The Morgan fingerprint density at radius 2 is 1.35 bits per heavy atom. The Labute approximate surface area is 116 Å². The summed E-state index contributed by atoms with van der Waals surface area (Å²) in [5, 5.41) is 0. The van der Waals surface area contributed by atoms with Crippen molar-refractivity contribution >= 4 is 0 Å². The molecule has 0 aliphatic rings. The first-order valence-electron chi connectivity index (χ1n) is 6.20. The molecule has 0 saturated heterocycles. The van der Waals surface area contributed by atoms with Gasteiger partial charge >= 0.3 is 6.36 Å². The normalized spacial score (nSPS) is 11.5. The molecule has 0 radical (unpaired) electrons. The molecular formula is C16H15F3O. The van der Waals surface area contributed by atoms with Crippen LogP contribution in [0.2, 0.25) is 0 Å². The van der Waals surface area contributed by atoms with E-state index in [1.807, 2.05) is 26.8 Å². The maximum Gasteiger partial charge on any atom is 0.573 e. The van der Waals surface area contributed by atoms with E-state index in [2.05, 4.69) is 10.8 Å². The molecule has 1 nitrogen and oxygen atoms in total. The second-order valence-electron chi connectivity index (χ2n) is 4.82. The van der Waals surface area contributed by atoms with Crippen molar-refractivity contribution in [3.05, 3.63) is 53.1 Å². The van der Waals surface area contributed by atoms with Crippen molar-refractivity contribution < 1.29 is 17.9 Å². The van der Waals surface area contributed by atoms with Gasteiger partial charge in [0, 0.05) is 0 Å². The number of hydrogen-bond donors (Lipinski definition) is 0. The SMILES string of the molecule is Cc1cc(C)c(-c2ccc(OC(F)(F)F)cc2)cc1C. The third-order valence-corrected chi connectivity index (χ3v) is 3.24. The molecule has 4 heteroatoms. The van der Waals surface area contributed by atoms with Gasteiger partial charge in [0.2, 0.25) is 0 Å². The molecule has 0 heterocycles. The highest BCUT2D eigenvalue weighted by molar-refractivity contribution is 5.69. The maximum atomic E-state index is 12.1. The third kappa shape index (κ3) is 3.32. The lowest BCUT2D eigenvalue weighted by molar-refractivity contribution is -0.274. The third-order valence-electron chi connectivity index (χ3n) is 3.24. The summed E-state index contributed by atoms with van der Waals surface area (Å²) in [6.07, 6.45) is -4.65. The fourth-order valence-electron chi connectivity index (χ4n) is 2.11. The van der Waals surface area contributed by atoms with Gasteiger partial charge in [-0.1, -0.05) is 24.3 Å². The van der Waals surface area contributed by atoms with Crippen molar-refractivity contribution in [1.29, 1.82) is 0 Å². The number of hydrogen-bond acceptors (Lipinski definition) is 1. The van der Waals surface area contributed by atoms with Gasteiger partial charge in [0.1, 0.15) is 5.75 Å². The fourth-order valence-corrected chi connectivity index (χ4v) is 2.11. The Hall–Kier alpha value is -1.97. The van der Waals surface area contributed by atoms with Crippen LogP contribution in [0, 0.1) is 20.8 Å². The molecule has 2 rings (SSSR count). The van der Waals surface area contributed by atoms with Crippen LogP contribution in [0.3, 0.4) is 0 Å². The standard InChI is InChI=1S/C16H15F3O/c1-10-8-12(3)15(9-11(10)2)13-4-6-14(7-5-13)20-16(17,18)19/h4-9H,1-3H3. The van der Waals surface area contributed by atoms with Crippen LogP contribution in [0.5, 0.6) is 5.75 Å². The lowest BCUT2D eigenvalue weighted by Crippen LogP contribution is -2.16. The van der Waals surface area contributed by atoms with E-state index in [0.29, 0.717) is 0 Å². The Kier molecular flexibility index (Phi) is 3.75. The van der Waals surface area contributed by atoms with Crippen LogP contribution in [0.4, 0.5) is 13.2 Å². The van der Waals surface area contributed by atoms with Gasteiger partial charge < -0.3 is 4.74 Å². The summed E-state index contributed by atoms with van der Waals surface area (Å²) in [4.78, 5) is 0. The highest BCUT2D eigenvalue weighted by Crippen LogP contribution is 2.29. The summed E-state index contributed by atoms with van der Waals surface area (Å²) in [5.74, 6) is -0.206. The number of ether oxygens (including phenoxy) is 1. The lowest BCUT2D eigenvalue weighted by Gasteiger charge is -2.12. The van der Waals surface area contributed by atoms with Gasteiger partial charge in [-0.15, -0.1) is 13.2 Å². The van der Waals surface area contributed by atoms with Crippen LogP contribution in [0.25, 0.3) is 11.1 Å². The van der Waals surface area contributed by atoms with Gasteiger partial charge in [0.15, 0.2) is 0 Å². The van der Waals surface area contributed by atoms with E-state index < -0.39 is 6.36 Å². The highest BCUT2D eigenvalue weighted by atomic mass is 19.4. The lowest BCUT2D eigenvalue weighted by atomic mass is 9.95. The molecule has 106 valence electrons. The van der Waals surface area contributed by atoms with Gasteiger partial charge in [-0.25, -0.2) is 0 Å². The number of halogens is 3. The van der Waals surface area contributed by atoms with E-state index in [0.717, 1.165) is 22.3 Å². The molecule has 0 fully saturated rings. The highest BCUT2D eigenvalue weighted by Gasteiger charge is 2.30. The summed E-state index contributed by atoms with van der Waals surface area (Å²) in [6, 6.07) is 10.1. The van der Waals surface area contributed by atoms with Crippen molar-refractivity contribution in [2.24, 2.45) is 0 Å². The first kappa shape index (κ1) is 14.4. The second-order valence-corrected chi connectivity index (χ2v) is 4.82. The van der Waals surface area contributed by atoms with Crippen LogP contribution in [0.15, 0.2) is 36.4 Å². The summed E-state index contributed by atoms with van der Waals surface area (Å²) in [5.41, 5.74) is 5.34. The van der Waals surface area contributed by atoms with E-state index >= 15 is 0 Å². The molecule has 0 aliphatic heterocycles. The molecule has 0 bridgehead atoms. The van der Waals surface area contributed by atoms with E-state index in [-0.39, 0.29) is 5.75 Å². The van der Waals surface area contributed by atoms with Crippen molar-refractivity contribution in [1.82, 2.24) is 0 Å². The summed E-state index contributed by atoms with van der Waals surface area (Å²) < 4.78 is 40.2. The topological polar surface area (TPSA) is 9.23 Å². The molecule has 0 aromatic heterocycles. The van der Waals surface area contributed by atoms with E-state index in [1.54, 1.807) is 12.1 Å². The van der Waals surface area contributed by atoms with Crippen molar-refractivity contribution in [3.8, 4) is 16.9 Å². The quantitative estimate of drug-likeness (QED) is 0.736. The monoisotopic (exact) mass is 280 g/mol. The average Bonchev–Trinajstić information content (AvgIpc) is 2.33. The Morgan fingerprint density at radius 3 is 1.90 bits per heavy atom. The van der Waals surface area contributed by atoms with Gasteiger partial charge in [0.25, 0.3) is 0 Å². The zero-order valence-corrected chi connectivity index (χ0v) is 11.5. The smallest absolute Gasteiger partial charge is 0.406 e. The van der Waals surface area contributed by atoms with Gasteiger partial charge in [-0.05, 0) is 60.7 Å². The van der Waals surface area contributed by atoms with Gasteiger partial charge in [-0.2, -0.15) is 0 Å². The predicted molar refractivity (Wildman–Crippen MR) is 72.8 cm³/mol. The Bertz CT molecular complexity index is 613. The minimum atomic E-state index is -4.65. The van der Waals surface area contributed by atoms with Crippen molar-refractivity contribution in [2.75, 3.05) is 0 Å². The Balaban J connectivity index is 2.33. The molecule has 0 amide bonds. The Morgan fingerprint density at radius 1 is 0.800 bits per heavy atom. The average molecular weight is 280 g/mol. The van der Waals surface area contributed by atoms with Crippen molar-refractivity contribution in [2.45, 2.75) is 27.1 Å². The number of alkyl halides is 3. The molecule has 0 unspecified atom stereocenters. The van der Waals surface area contributed by atoms with Crippen LogP contribution < -0.4 is 4.74 Å². The maximum absolute atomic E-state index is 12.1. The van der Waals surface area contributed by atoms with Crippen molar-refractivity contribution in [3.63, 3.8) is 0 Å². The zero-order valence-electron chi connectivity index (χ0n) is 11.5. The number of rotatable bonds is 2. The first-order valence-corrected chi connectivity index (χ1v) is 6.20. The first-order chi connectivity index (χ1) is 9.26. The van der Waals surface area contributed by atoms with E-state index in [1.165, 1.54) is 17.7 Å². The van der Waals surface area contributed by atoms with Gasteiger partial charge in [0.05, 0.1) is 0 Å². The minimum absolute atomic E-state index is 0.206.